The van der Waals surface area contributed by atoms with E-state index in [4.69, 9.17) is 0 Å². The zero-order valence-electron chi connectivity index (χ0n) is 12.6. The zero-order valence-corrected chi connectivity index (χ0v) is 12.6. The van der Waals surface area contributed by atoms with Crippen molar-refractivity contribution in [1.29, 1.82) is 0 Å². The van der Waals surface area contributed by atoms with E-state index in [2.05, 4.69) is 15.0 Å². The molecule has 1 aliphatic carbocycles. The maximum Gasteiger partial charge on any atom is 0.260 e. The first-order valence-electron chi connectivity index (χ1n) is 7.42. The summed E-state index contributed by atoms with van der Waals surface area (Å²) in [6, 6.07) is 8.35. The van der Waals surface area contributed by atoms with E-state index in [9.17, 15) is 9.18 Å². The molecule has 0 saturated carbocycles. The molecule has 1 aliphatic rings. The highest BCUT2D eigenvalue weighted by molar-refractivity contribution is 5.71. The number of aryl methyl sites for hydroxylation is 1. The molecule has 0 bridgehead atoms. The number of nitrogens with zero attached hydrogens (tertiary/aromatic N) is 2. The number of aromatic amines is 1. The Morgan fingerprint density at radius 3 is 3.00 bits per heavy atom. The van der Waals surface area contributed by atoms with Gasteiger partial charge in [0, 0.05) is 19.0 Å². The van der Waals surface area contributed by atoms with Gasteiger partial charge in [0.2, 0.25) is 0 Å². The molecular weight excluding hydrogens is 293 g/mol. The normalized spacial score (nSPS) is 12.1. The minimum atomic E-state index is -0.293. The van der Waals surface area contributed by atoms with Crippen LogP contribution in [0.1, 0.15) is 28.2 Å². The minimum absolute atomic E-state index is 0.184. The van der Waals surface area contributed by atoms with Gasteiger partial charge in [-0.15, -0.1) is 0 Å². The number of hydrogen-bond acceptors (Lipinski definition) is 3. The van der Waals surface area contributed by atoms with Crippen LogP contribution in [0.5, 0.6) is 0 Å². The van der Waals surface area contributed by atoms with Crippen LogP contribution in [0.25, 0.3) is 11.3 Å². The fourth-order valence-electron chi connectivity index (χ4n) is 3.04. The maximum absolute atomic E-state index is 13.3. The van der Waals surface area contributed by atoms with Crippen molar-refractivity contribution in [3.05, 3.63) is 80.9 Å². The number of pyridine rings is 1. The average Bonchev–Trinajstić information content (AvgIpc) is 2.84. The van der Waals surface area contributed by atoms with E-state index >= 15 is 0 Å². The van der Waals surface area contributed by atoms with Crippen LogP contribution in [0, 0.1) is 12.7 Å². The topological polar surface area (TPSA) is 58.6 Å². The number of benzene rings is 1. The van der Waals surface area contributed by atoms with Gasteiger partial charge in [0.25, 0.3) is 5.56 Å². The van der Waals surface area contributed by atoms with E-state index in [1.807, 2.05) is 19.1 Å². The third-order valence-electron chi connectivity index (χ3n) is 4.00. The Balaban J connectivity index is 1.75. The summed E-state index contributed by atoms with van der Waals surface area (Å²) in [7, 11) is 0. The quantitative estimate of drug-likeness (QED) is 0.619. The Bertz CT molecular complexity index is 978. The first kappa shape index (κ1) is 13.8. The van der Waals surface area contributed by atoms with Gasteiger partial charge in [-0.05, 0) is 35.7 Å². The van der Waals surface area contributed by atoms with E-state index in [-0.39, 0.29) is 11.4 Å². The number of aromatic nitrogens is 3. The molecule has 2 heterocycles. The van der Waals surface area contributed by atoms with Gasteiger partial charge in [0.1, 0.15) is 11.6 Å². The van der Waals surface area contributed by atoms with E-state index in [1.165, 1.54) is 12.1 Å². The summed E-state index contributed by atoms with van der Waals surface area (Å²) in [6.07, 6.45) is 2.76. The van der Waals surface area contributed by atoms with Crippen molar-refractivity contribution in [2.45, 2.75) is 19.8 Å². The predicted octanol–water partition coefficient (Wildman–Crippen LogP) is 2.77. The largest absolute Gasteiger partial charge is 0.310 e. The molecule has 1 N–H and O–H groups in total. The molecule has 0 amide bonds. The van der Waals surface area contributed by atoms with Crippen LogP contribution in [0.4, 0.5) is 4.39 Å². The second-order valence-corrected chi connectivity index (χ2v) is 5.84. The Morgan fingerprint density at radius 2 is 2.17 bits per heavy atom. The number of fused-ring (bicyclic) bond motifs is 3. The van der Waals surface area contributed by atoms with Gasteiger partial charge >= 0.3 is 0 Å². The predicted molar refractivity (Wildman–Crippen MR) is 84.8 cm³/mol. The van der Waals surface area contributed by atoms with Gasteiger partial charge in [-0.25, -0.2) is 9.37 Å². The molecule has 0 unspecified atom stereocenters. The molecule has 0 saturated heterocycles. The highest BCUT2D eigenvalue weighted by Crippen LogP contribution is 2.31. The summed E-state index contributed by atoms with van der Waals surface area (Å²) in [6.45, 7) is 1.98. The Morgan fingerprint density at radius 1 is 1.30 bits per heavy atom. The van der Waals surface area contributed by atoms with Crippen molar-refractivity contribution in [2.75, 3.05) is 0 Å². The Kier molecular flexibility index (Phi) is 3.08. The van der Waals surface area contributed by atoms with Crippen LogP contribution in [-0.4, -0.2) is 15.0 Å². The number of hydrogen-bond donors (Lipinski definition) is 1. The van der Waals surface area contributed by atoms with Gasteiger partial charge in [-0.3, -0.25) is 9.78 Å². The second kappa shape index (κ2) is 5.12. The lowest BCUT2D eigenvalue weighted by Crippen LogP contribution is -2.15. The summed E-state index contributed by atoms with van der Waals surface area (Å²) in [5.74, 6) is 0.252. The van der Waals surface area contributed by atoms with E-state index < -0.39 is 0 Å². The third-order valence-corrected chi connectivity index (χ3v) is 4.00. The molecule has 1 aromatic carbocycles. The molecule has 23 heavy (non-hydrogen) atoms. The molecule has 114 valence electrons. The molecule has 0 aliphatic heterocycles. The highest BCUT2D eigenvalue weighted by Gasteiger charge is 2.25. The van der Waals surface area contributed by atoms with Crippen LogP contribution in [-0.2, 0) is 12.8 Å². The Labute approximate surface area is 132 Å². The number of rotatable bonds is 2. The molecule has 4 rings (SSSR count). The highest BCUT2D eigenvalue weighted by atomic mass is 19.1. The lowest BCUT2D eigenvalue weighted by Gasteiger charge is -2.04. The smallest absolute Gasteiger partial charge is 0.260 e. The standard InChI is InChI=1S/C18H14FN3O/c1-10-5-12-8-14-16(17(12)20-9-10)18(23)22-15(21-14)7-11-3-2-4-13(19)6-11/h2-6,9H,7-8H2,1H3,(H,21,22,23). The minimum Gasteiger partial charge on any atom is -0.310 e. The molecule has 4 nitrogen and oxygen atoms in total. The van der Waals surface area contributed by atoms with Crippen molar-refractivity contribution in [1.82, 2.24) is 15.0 Å². The number of nitrogens with one attached hydrogen (secondary N) is 1. The van der Waals surface area contributed by atoms with Crippen molar-refractivity contribution >= 4 is 0 Å². The summed E-state index contributed by atoms with van der Waals surface area (Å²) < 4.78 is 13.3. The maximum atomic E-state index is 13.3. The summed E-state index contributed by atoms with van der Waals surface area (Å²) in [5, 5.41) is 0. The van der Waals surface area contributed by atoms with Crippen molar-refractivity contribution in [2.24, 2.45) is 0 Å². The fourth-order valence-corrected chi connectivity index (χ4v) is 3.04. The first-order valence-corrected chi connectivity index (χ1v) is 7.42. The first-order chi connectivity index (χ1) is 11.1. The second-order valence-electron chi connectivity index (χ2n) is 5.84. The van der Waals surface area contributed by atoms with Crippen LogP contribution >= 0.6 is 0 Å². The molecule has 0 fully saturated rings. The lowest BCUT2D eigenvalue weighted by atomic mass is 10.1. The van der Waals surface area contributed by atoms with E-state index in [0.717, 1.165) is 28.1 Å². The third kappa shape index (κ3) is 2.44. The lowest BCUT2D eigenvalue weighted by molar-refractivity contribution is 0.625. The molecular formula is C18H14FN3O. The van der Waals surface area contributed by atoms with E-state index in [1.54, 1.807) is 12.3 Å². The zero-order chi connectivity index (χ0) is 16.0. The molecule has 0 radical (unpaired) electrons. The van der Waals surface area contributed by atoms with Crippen molar-refractivity contribution in [3.63, 3.8) is 0 Å². The number of halogens is 1. The van der Waals surface area contributed by atoms with Gasteiger partial charge in [0.15, 0.2) is 0 Å². The van der Waals surface area contributed by atoms with Crippen LogP contribution in [0.2, 0.25) is 0 Å². The fraction of sp³-hybridized carbons (Fsp3) is 0.167. The van der Waals surface area contributed by atoms with Crippen molar-refractivity contribution < 1.29 is 4.39 Å². The van der Waals surface area contributed by atoms with Gasteiger partial charge in [-0.2, -0.15) is 0 Å². The SMILES string of the molecule is Cc1cnc2c(c1)Cc1nc(Cc3cccc(F)c3)[nH]c(=O)c1-2. The van der Waals surface area contributed by atoms with Crippen LogP contribution in [0.15, 0.2) is 41.3 Å². The summed E-state index contributed by atoms with van der Waals surface area (Å²) in [5.41, 5.74) is 4.70. The molecule has 2 aromatic heterocycles. The van der Waals surface area contributed by atoms with E-state index in [0.29, 0.717) is 24.2 Å². The molecule has 0 atom stereocenters. The number of H-pyrrole nitrogens is 1. The molecule has 0 spiro atoms. The Hall–Kier alpha value is -2.82. The van der Waals surface area contributed by atoms with Crippen LogP contribution < -0.4 is 5.56 Å². The molecule has 3 aromatic rings. The van der Waals surface area contributed by atoms with Gasteiger partial charge in [-0.1, -0.05) is 18.2 Å². The monoisotopic (exact) mass is 307 g/mol. The van der Waals surface area contributed by atoms with Crippen molar-refractivity contribution in [3.8, 4) is 11.3 Å². The van der Waals surface area contributed by atoms with Gasteiger partial charge in [0.05, 0.1) is 17.0 Å². The summed E-state index contributed by atoms with van der Waals surface area (Å²) >= 11 is 0. The molecule has 5 heteroatoms. The summed E-state index contributed by atoms with van der Waals surface area (Å²) in [4.78, 5) is 24.2. The van der Waals surface area contributed by atoms with Crippen LogP contribution in [0.3, 0.4) is 0 Å². The average molecular weight is 307 g/mol. The van der Waals surface area contributed by atoms with Gasteiger partial charge < -0.3 is 4.98 Å².